The summed E-state index contributed by atoms with van der Waals surface area (Å²) in [6.07, 6.45) is 1.64. The summed E-state index contributed by atoms with van der Waals surface area (Å²) >= 11 is 1.40. The minimum Gasteiger partial charge on any atom is -0.398 e. The van der Waals surface area contributed by atoms with Crippen molar-refractivity contribution in [3.63, 3.8) is 0 Å². The highest BCUT2D eigenvalue weighted by molar-refractivity contribution is 7.89. The molecule has 2 aromatic rings. The Labute approximate surface area is 110 Å². The molecule has 0 amide bonds. The molecule has 0 atom stereocenters. The van der Waals surface area contributed by atoms with Crippen LogP contribution in [0, 0.1) is 6.92 Å². The average molecular weight is 283 g/mol. The maximum atomic E-state index is 12.1. The molecule has 0 saturated heterocycles. The Kier molecular flexibility index (Phi) is 3.65. The Hall–Kier alpha value is -1.44. The number of sulfonamides is 1. The Bertz CT molecular complexity index is 636. The zero-order chi connectivity index (χ0) is 13.2. The van der Waals surface area contributed by atoms with Crippen molar-refractivity contribution in [2.24, 2.45) is 0 Å². The summed E-state index contributed by atoms with van der Waals surface area (Å²) in [5.41, 5.74) is 8.40. The first kappa shape index (κ1) is 13.0. The summed E-state index contributed by atoms with van der Waals surface area (Å²) in [5.74, 6) is 0. The lowest BCUT2D eigenvalue weighted by atomic mass is 10.2. The molecular formula is C11H13N3O2S2. The summed E-state index contributed by atoms with van der Waals surface area (Å²) in [5, 5.41) is 0. The van der Waals surface area contributed by atoms with E-state index in [9.17, 15) is 8.42 Å². The fraction of sp³-hybridized carbons (Fsp3) is 0.182. The smallest absolute Gasteiger partial charge is 0.241 e. The van der Waals surface area contributed by atoms with Gasteiger partial charge in [-0.2, -0.15) is 0 Å². The van der Waals surface area contributed by atoms with Crippen LogP contribution in [0.5, 0.6) is 0 Å². The summed E-state index contributed by atoms with van der Waals surface area (Å²) in [6.45, 7) is 1.93. The van der Waals surface area contributed by atoms with E-state index in [1.54, 1.807) is 36.8 Å². The van der Waals surface area contributed by atoms with E-state index >= 15 is 0 Å². The number of benzene rings is 1. The Morgan fingerprint density at radius 1 is 1.44 bits per heavy atom. The first-order valence-electron chi connectivity index (χ1n) is 5.23. The third-order valence-corrected chi connectivity index (χ3v) is 4.86. The van der Waals surface area contributed by atoms with Crippen LogP contribution in [0.1, 0.15) is 10.4 Å². The summed E-state index contributed by atoms with van der Waals surface area (Å²) in [7, 11) is -3.54. The van der Waals surface area contributed by atoms with Crippen molar-refractivity contribution in [2.75, 3.05) is 5.73 Å². The van der Waals surface area contributed by atoms with Gasteiger partial charge in [-0.05, 0) is 24.6 Å². The van der Waals surface area contributed by atoms with E-state index in [2.05, 4.69) is 9.71 Å². The van der Waals surface area contributed by atoms with Crippen molar-refractivity contribution in [1.29, 1.82) is 0 Å². The number of nitrogen functional groups attached to an aromatic ring is 1. The highest BCUT2D eigenvalue weighted by Gasteiger charge is 2.17. The topological polar surface area (TPSA) is 85.1 Å². The Balaban J connectivity index is 2.23. The van der Waals surface area contributed by atoms with E-state index in [4.69, 9.17) is 5.73 Å². The van der Waals surface area contributed by atoms with Gasteiger partial charge in [0, 0.05) is 23.3 Å². The standard InChI is InChI=1S/C11H13N3O2S2/c1-8-10(12)3-2-4-11(8)18(15,16)14-6-9-5-13-7-17-9/h2-5,7,14H,6,12H2,1H3. The molecule has 0 radical (unpaired) electrons. The average Bonchev–Trinajstić information content (AvgIpc) is 2.83. The number of thiazole rings is 1. The SMILES string of the molecule is Cc1c(N)cccc1S(=O)(=O)NCc1cncs1. The molecule has 1 aromatic carbocycles. The zero-order valence-corrected chi connectivity index (χ0v) is 11.4. The Morgan fingerprint density at radius 3 is 2.89 bits per heavy atom. The molecule has 3 N–H and O–H groups in total. The third-order valence-electron chi connectivity index (χ3n) is 2.54. The number of anilines is 1. The van der Waals surface area contributed by atoms with Crippen LogP contribution < -0.4 is 10.5 Å². The molecule has 5 nitrogen and oxygen atoms in total. The van der Waals surface area contributed by atoms with Crippen molar-refractivity contribution in [3.8, 4) is 0 Å². The second-order valence-electron chi connectivity index (χ2n) is 3.76. The van der Waals surface area contributed by atoms with Crippen LogP contribution in [0.4, 0.5) is 5.69 Å². The van der Waals surface area contributed by atoms with E-state index in [1.807, 2.05) is 0 Å². The number of nitrogens with zero attached hydrogens (tertiary/aromatic N) is 1. The summed E-state index contributed by atoms with van der Waals surface area (Å²) < 4.78 is 26.8. The summed E-state index contributed by atoms with van der Waals surface area (Å²) in [4.78, 5) is 4.97. The van der Waals surface area contributed by atoms with Crippen LogP contribution in [-0.4, -0.2) is 13.4 Å². The molecule has 0 unspecified atom stereocenters. The maximum absolute atomic E-state index is 12.1. The molecule has 0 aliphatic rings. The van der Waals surface area contributed by atoms with Crippen LogP contribution in [0.2, 0.25) is 0 Å². The van der Waals surface area contributed by atoms with Gasteiger partial charge in [0.05, 0.1) is 10.4 Å². The summed E-state index contributed by atoms with van der Waals surface area (Å²) in [6, 6.07) is 4.85. The van der Waals surface area contributed by atoms with Crippen molar-refractivity contribution in [2.45, 2.75) is 18.4 Å². The second kappa shape index (κ2) is 5.05. The van der Waals surface area contributed by atoms with Crippen molar-refractivity contribution in [3.05, 3.63) is 40.3 Å². The van der Waals surface area contributed by atoms with E-state index in [1.165, 1.54) is 11.3 Å². The van der Waals surface area contributed by atoms with Gasteiger partial charge in [0.25, 0.3) is 0 Å². The number of aromatic nitrogens is 1. The van der Waals surface area contributed by atoms with Gasteiger partial charge in [0.2, 0.25) is 10.0 Å². The van der Waals surface area contributed by atoms with Gasteiger partial charge in [-0.1, -0.05) is 6.07 Å². The largest absolute Gasteiger partial charge is 0.398 e. The normalized spacial score (nSPS) is 11.6. The van der Waals surface area contributed by atoms with Gasteiger partial charge < -0.3 is 5.73 Å². The molecule has 0 aliphatic carbocycles. The van der Waals surface area contributed by atoms with Crippen LogP contribution in [-0.2, 0) is 16.6 Å². The quantitative estimate of drug-likeness (QED) is 0.833. The Morgan fingerprint density at radius 2 is 2.22 bits per heavy atom. The van der Waals surface area contributed by atoms with Gasteiger partial charge >= 0.3 is 0 Å². The van der Waals surface area contributed by atoms with E-state index in [0.29, 0.717) is 11.3 Å². The predicted octanol–water partition coefficient (Wildman–Crippen LogP) is 1.51. The molecule has 0 saturated carbocycles. The molecule has 0 fully saturated rings. The number of nitrogens with two attached hydrogens (primary N) is 1. The molecule has 18 heavy (non-hydrogen) atoms. The van der Waals surface area contributed by atoms with Crippen LogP contribution in [0.25, 0.3) is 0 Å². The molecule has 1 heterocycles. The van der Waals surface area contributed by atoms with Crippen molar-refractivity contribution < 1.29 is 8.42 Å². The molecule has 2 rings (SSSR count). The first-order valence-corrected chi connectivity index (χ1v) is 7.59. The van der Waals surface area contributed by atoms with Gasteiger partial charge in [0.1, 0.15) is 0 Å². The lowest BCUT2D eigenvalue weighted by Gasteiger charge is -2.09. The number of rotatable bonds is 4. The third kappa shape index (κ3) is 2.69. The highest BCUT2D eigenvalue weighted by atomic mass is 32.2. The van der Waals surface area contributed by atoms with E-state index < -0.39 is 10.0 Å². The van der Waals surface area contributed by atoms with Gasteiger partial charge in [-0.3, -0.25) is 4.98 Å². The maximum Gasteiger partial charge on any atom is 0.241 e. The molecule has 7 heteroatoms. The lowest BCUT2D eigenvalue weighted by molar-refractivity contribution is 0.581. The van der Waals surface area contributed by atoms with Crippen LogP contribution in [0.3, 0.4) is 0 Å². The van der Waals surface area contributed by atoms with Crippen molar-refractivity contribution in [1.82, 2.24) is 9.71 Å². The number of nitrogens with one attached hydrogen (secondary N) is 1. The molecule has 96 valence electrons. The minimum absolute atomic E-state index is 0.215. The first-order chi connectivity index (χ1) is 8.50. The van der Waals surface area contributed by atoms with Crippen LogP contribution in [0.15, 0.2) is 34.8 Å². The van der Waals surface area contributed by atoms with E-state index in [0.717, 1.165) is 4.88 Å². The zero-order valence-electron chi connectivity index (χ0n) is 9.75. The molecule has 1 aromatic heterocycles. The van der Waals surface area contributed by atoms with Crippen LogP contribution >= 0.6 is 11.3 Å². The fourth-order valence-electron chi connectivity index (χ4n) is 1.50. The molecule has 0 spiro atoms. The van der Waals surface area contributed by atoms with Gasteiger partial charge in [-0.25, -0.2) is 13.1 Å². The highest BCUT2D eigenvalue weighted by Crippen LogP contribution is 2.20. The predicted molar refractivity (Wildman–Crippen MR) is 71.7 cm³/mol. The molecule has 0 aliphatic heterocycles. The van der Waals surface area contributed by atoms with Gasteiger partial charge in [0.15, 0.2) is 0 Å². The second-order valence-corrected chi connectivity index (χ2v) is 6.47. The van der Waals surface area contributed by atoms with Crippen molar-refractivity contribution >= 4 is 27.0 Å². The molecular weight excluding hydrogens is 270 g/mol. The van der Waals surface area contributed by atoms with Gasteiger partial charge in [-0.15, -0.1) is 11.3 Å². The van der Waals surface area contributed by atoms with E-state index in [-0.39, 0.29) is 11.4 Å². The molecule has 0 bridgehead atoms. The minimum atomic E-state index is -3.54. The number of hydrogen-bond donors (Lipinski definition) is 2. The monoisotopic (exact) mass is 283 g/mol. The lowest BCUT2D eigenvalue weighted by Crippen LogP contribution is -2.23. The number of hydrogen-bond acceptors (Lipinski definition) is 5. The fourth-order valence-corrected chi connectivity index (χ4v) is 3.40.